The van der Waals surface area contributed by atoms with Gasteiger partial charge in [-0.25, -0.2) is 34.0 Å². The fourth-order valence-electron chi connectivity index (χ4n) is 6.75. The maximum atomic E-state index is 5.88. The SMILES string of the molecule is COc1ccc(N(c2ccn3ncc(-c4ccc(N(C)C)cc4)c3n2)N(c2cc(OC)c(OC)c(OC)c2)c2ccn3ncc(-c4ccc(N(C)C)cc4)c3n2)cn1. The van der Waals surface area contributed by atoms with Gasteiger partial charge in [0, 0.05) is 93.4 Å². The van der Waals surface area contributed by atoms with Crippen LogP contribution in [0.15, 0.2) is 116 Å². The van der Waals surface area contributed by atoms with Crippen LogP contribution in [0.1, 0.15) is 0 Å². The Morgan fingerprint density at radius 1 is 0.483 bits per heavy atom. The lowest BCUT2D eigenvalue weighted by molar-refractivity contribution is 0.324. The summed E-state index contributed by atoms with van der Waals surface area (Å²) in [4.78, 5) is 19.4. The normalized spacial score (nSPS) is 11.1. The molecule has 0 saturated carbocycles. The van der Waals surface area contributed by atoms with Crippen LogP contribution in [0.5, 0.6) is 23.1 Å². The summed E-state index contributed by atoms with van der Waals surface area (Å²) < 4.78 is 26.5. The first-order valence-electron chi connectivity index (χ1n) is 18.4. The standard InChI is InChI=1S/C43H43N11O4/c1-49(2)30-13-9-28(10-14-30)34-26-45-51-21-19-38(47-42(34)51)53(32-17-18-40(57-7)44-25-32)54(33-23-36(55-5)41(58-8)37(24-33)56-6)39-20-22-52-43(48-39)35(27-46-52)29-11-15-31(16-12-29)50(3)4/h9-27H,1-8H3. The highest BCUT2D eigenvalue weighted by Crippen LogP contribution is 2.45. The second-order valence-electron chi connectivity index (χ2n) is 13.7. The van der Waals surface area contributed by atoms with Crippen LogP contribution in [0.25, 0.3) is 33.5 Å². The third-order valence-corrected chi connectivity index (χ3v) is 9.80. The minimum Gasteiger partial charge on any atom is -0.493 e. The molecule has 0 saturated heterocycles. The van der Waals surface area contributed by atoms with Gasteiger partial charge in [0.1, 0.15) is 0 Å². The summed E-state index contributed by atoms with van der Waals surface area (Å²) in [6.45, 7) is 0. The van der Waals surface area contributed by atoms with E-state index >= 15 is 0 Å². The van der Waals surface area contributed by atoms with Crippen LogP contribution in [0, 0.1) is 0 Å². The van der Waals surface area contributed by atoms with E-state index in [1.165, 1.54) is 0 Å². The molecule has 0 spiro atoms. The van der Waals surface area contributed by atoms with Gasteiger partial charge < -0.3 is 28.7 Å². The minimum atomic E-state index is 0.442. The third kappa shape index (κ3) is 6.82. The Bertz CT molecular complexity index is 2670. The summed E-state index contributed by atoms with van der Waals surface area (Å²) >= 11 is 0. The van der Waals surface area contributed by atoms with Gasteiger partial charge in [0.15, 0.2) is 34.4 Å². The highest BCUT2D eigenvalue weighted by Gasteiger charge is 2.28. The molecule has 0 aliphatic carbocycles. The number of hydrogen-bond acceptors (Lipinski definition) is 13. The smallest absolute Gasteiger partial charge is 0.213 e. The van der Waals surface area contributed by atoms with Gasteiger partial charge in [-0.05, 0) is 41.5 Å². The van der Waals surface area contributed by atoms with Crippen LogP contribution >= 0.6 is 0 Å². The Labute approximate surface area is 335 Å². The second kappa shape index (κ2) is 15.5. The molecule has 0 aliphatic rings. The number of pyridine rings is 1. The molecule has 0 unspecified atom stereocenters. The first-order valence-corrected chi connectivity index (χ1v) is 18.4. The maximum Gasteiger partial charge on any atom is 0.213 e. The number of hydrogen-bond donors (Lipinski definition) is 0. The van der Waals surface area contributed by atoms with Crippen molar-refractivity contribution < 1.29 is 18.9 Å². The van der Waals surface area contributed by atoms with Crippen molar-refractivity contribution in [3.05, 3.63) is 116 Å². The van der Waals surface area contributed by atoms with Crippen LogP contribution in [0.4, 0.5) is 34.4 Å². The average Bonchev–Trinajstić information content (AvgIpc) is 3.89. The number of nitrogens with zero attached hydrogens (tertiary/aromatic N) is 11. The molecule has 0 bridgehead atoms. The van der Waals surface area contributed by atoms with Crippen LogP contribution in [-0.4, -0.2) is 90.8 Å². The lowest BCUT2D eigenvalue weighted by Crippen LogP contribution is -2.37. The summed E-state index contributed by atoms with van der Waals surface area (Å²) in [6.07, 6.45) is 9.15. The van der Waals surface area contributed by atoms with Gasteiger partial charge in [-0.2, -0.15) is 10.2 Å². The van der Waals surface area contributed by atoms with Crippen molar-refractivity contribution in [2.24, 2.45) is 0 Å². The summed E-state index contributed by atoms with van der Waals surface area (Å²) in [5.41, 5.74) is 8.40. The van der Waals surface area contributed by atoms with E-state index in [1.54, 1.807) is 49.7 Å². The van der Waals surface area contributed by atoms with Gasteiger partial charge in [0.2, 0.25) is 11.6 Å². The molecule has 58 heavy (non-hydrogen) atoms. The van der Waals surface area contributed by atoms with Crippen molar-refractivity contribution in [3.8, 4) is 45.4 Å². The van der Waals surface area contributed by atoms with Crippen molar-refractivity contribution >= 4 is 45.7 Å². The van der Waals surface area contributed by atoms with Gasteiger partial charge in [-0.15, -0.1) is 0 Å². The van der Waals surface area contributed by atoms with E-state index in [0.29, 0.717) is 57.4 Å². The van der Waals surface area contributed by atoms with E-state index in [1.807, 2.05) is 93.3 Å². The molecule has 0 fully saturated rings. The fraction of sp³-hybridized carbons (Fsp3) is 0.186. The van der Waals surface area contributed by atoms with Crippen molar-refractivity contribution in [3.63, 3.8) is 0 Å². The molecular formula is C43H43N11O4. The van der Waals surface area contributed by atoms with Crippen LogP contribution in [0.3, 0.4) is 0 Å². The minimum absolute atomic E-state index is 0.442. The highest BCUT2D eigenvalue weighted by atomic mass is 16.5. The zero-order chi connectivity index (χ0) is 40.5. The lowest BCUT2D eigenvalue weighted by Gasteiger charge is -2.36. The summed E-state index contributed by atoms with van der Waals surface area (Å²) in [5, 5.41) is 13.2. The predicted molar refractivity (Wildman–Crippen MR) is 227 cm³/mol. The first kappa shape index (κ1) is 37.4. The molecule has 3 aromatic carbocycles. The highest BCUT2D eigenvalue weighted by molar-refractivity contribution is 5.83. The van der Waals surface area contributed by atoms with Crippen molar-refractivity contribution in [1.29, 1.82) is 0 Å². The van der Waals surface area contributed by atoms with E-state index in [9.17, 15) is 0 Å². The lowest BCUT2D eigenvalue weighted by atomic mass is 10.1. The Morgan fingerprint density at radius 2 is 0.948 bits per heavy atom. The molecule has 15 nitrogen and oxygen atoms in total. The molecule has 8 aromatic rings. The van der Waals surface area contributed by atoms with Gasteiger partial charge in [0.05, 0.1) is 58.4 Å². The fourth-order valence-corrected chi connectivity index (χ4v) is 6.75. The Balaban J connectivity index is 1.37. The molecule has 0 aliphatic heterocycles. The van der Waals surface area contributed by atoms with Crippen molar-refractivity contribution in [1.82, 2.24) is 34.2 Å². The zero-order valence-electron chi connectivity index (χ0n) is 33.5. The van der Waals surface area contributed by atoms with Gasteiger partial charge >= 0.3 is 0 Å². The summed E-state index contributed by atoms with van der Waals surface area (Å²) in [5.74, 6) is 2.86. The number of aromatic nitrogens is 7. The van der Waals surface area contributed by atoms with E-state index in [4.69, 9.17) is 28.9 Å². The van der Waals surface area contributed by atoms with Gasteiger partial charge in [0.25, 0.3) is 0 Å². The molecule has 15 heteroatoms. The second-order valence-corrected chi connectivity index (χ2v) is 13.7. The van der Waals surface area contributed by atoms with Crippen LogP contribution < -0.4 is 38.8 Å². The van der Waals surface area contributed by atoms with Crippen molar-refractivity contribution in [2.75, 3.05) is 76.4 Å². The molecule has 8 rings (SSSR count). The molecule has 0 N–H and O–H groups in total. The van der Waals surface area contributed by atoms with E-state index in [2.05, 4.69) is 73.5 Å². The average molecular weight is 778 g/mol. The zero-order valence-corrected chi connectivity index (χ0v) is 33.5. The van der Waals surface area contributed by atoms with Crippen LogP contribution in [-0.2, 0) is 0 Å². The van der Waals surface area contributed by atoms with Gasteiger partial charge in [-0.1, -0.05) is 24.3 Å². The number of rotatable bonds is 13. The maximum absolute atomic E-state index is 5.88. The van der Waals surface area contributed by atoms with E-state index in [-0.39, 0.29) is 0 Å². The summed E-state index contributed by atoms with van der Waals surface area (Å²) in [6, 6.07) is 27.8. The molecule has 0 atom stereocenters. The number of fused-ring (bicyclic) bond motifs is 2. The topological polar surface area (TPSA) is 123 Å². The van der Waals surface area contributed by atoms with Gasteiger partial charge in [-0.3, -0.25) is 0 Å². The molecule has 5 heterocycles. The number of ether oxygens (including phenoxy) is 4. The molecule has 0 radical (unpaired) electrons. The first-order chi connectivity index (χ1) is 28.2. The Morgan fingerprint density at radius 3 is 1.34 bits per heavy atom. The largest absolute Gasteiger partial charge is 0.493 e. The third-order valence-electron chi connectivity index (χ3n) is 9.80. The summed E-state index contributed by atoms with van der Waals surface area (Å²) in [7, 11) is 14.4. The predicted octanol–water partition coefficient (Wildman–Crippen LogP) is 7.56. The van der Waals surface area contributed by atoms with Crippen LogP contribution in [0.2, 0.25) is 0 Å². The molecule has 294 valence electrons. The molecule has 0 amide bonds. The Kier molecular flexibility index (Phi) is 10.0. The van der Waals surface area contributed by atoms with Crippen molar-refractivity contribution in [2.45, 2.75) is 0 Å². The molecular weight excluding hydrogens is 735 g/mol. The Hall–Kier alpha value is -7.55. The number of anilines is 6. The number of hydrazine groups is 1. The van der Waals surface area contributed by atoms with E-state index in [0.717, 1.165) is 33.6 Å². The quantitative estimate of drug-likeness (QED) is 0.107. The monoisotopic (exact) mass is 777 g/mol. The number of benzene rings is 3. The number of methoxy groups -OCH3 is 4. The molecule has 5 aromatic heterocycles. The van der Waals surface area contributed by atoms with E-state index < -0.39 is 0 Å².